The Bertz CT molecular complexity index is 454. The van der Waals surface area contributed by atoms with Crippen LogP contribution in [-0.4, -0.2) is 19.6 Å². The molecule has 4 heteroatoms. The van der Waals surface area contributed by atoms with Gasteiger partial charge in [-0.1, -0.05) is 31.4 Å². The first-order valence-corrected chi connectivity index (χ1v) is 7.31. The van der Waals surface area contributed by atoms with E-state index >= 15 is 0 Å². The number of methoxy groups -OCH3 is 1. The third-order valence-electron chi connectivity index (χ3n) is 4.27. The quantitative estimate of drug-likeness (QED) is 0.866. The Balaban J connectivity index is 1.96. The van der Waals surface area contributed by atoms with Crippen LogP contribution in [0.4, 0.5) is 0 Å². The van der Waals surface area contributed by atoms with Gasteiger partial charge in [0.15, 0.2) is 0 Å². The molecule has 3 N–H and O–H groups in total. The Morgan fingerprint density at radius 1 is 1.35 bits per heavy atom. The molecule has 0 aliphatic heterocycles. The van der Waals surface area contributed by atoms with Crippen LogP contribution in [0.25, 0.3) is 0 Å². The second-order valence-electron chi connectivity index (χ2n) is 5.58. The lowest BCUT2D eigenvalue weighted by atomic mass is 9.73. The minimum absolute atomic E-state index is 0.0996. The van der Waals surface area contributed by atoms with Crippen LogP contribution in [0.15, 0.2) is 24.3 Å². The predicted octanol–water partition coefficient (Wildman–Crippen LogP) is 2.22. The van der Waals surface area contributed by atoms with E-state index in [9.17, 15) is 4.79 Å². The fraction of sp³-hybridized carbons (Fsp3) is 0.562. The van der Waals surface area contributed by atoms with E-state index in [0.29, 0.717) is 13.1 Å². The first kappa shape index (κ1) is 14.9. The lowest BCUT2D eigenvalue weighted by Crippen LogP contribution is -2.46. The van der Waals surface area contributed by atoms with Crippen LogP contribution in [-0.2, 0) is 11.3 Å². The van der Waals surface area contributed by atoms with Crippen molar-refractivity contribution in [3.63, 3.8) is 0 Å². The Kier molecular flexibility index (Phi) is 5.01. The summed E-state index contributed by atoms with van der Waals surface area (Å²) in [4.78, 5) is 12.5. The summed E-state index contributed by atoms with van der Waals surface area (Å²) in [5.41, 5.74) is 6.57. The molecular formula is C16H24N2O2. The average molecular weight is 276 g/mol. The van der Waals surface area contributed by atoms with Crippen LogP contribution in [0.1, 0.15) is 37.7 Å². The van der Waals surface area contributed by atoms with Gasteiger partial charge >= 0.3 is 0 Å². The monoisotopic (exact) mass is 276 g/mol. The summed E-state index contributed by atoms with van der Waals surface area (Å²) in [7, 11) is 1.64. The number of benzene rings is 1. The predicted molar refractivity (Wildman–Crippen MR) is 79.4 cm³/mol. The third-order valence-corrected chi connectivity index (χ3v) is 4.27. The minimum atomic E-state index is -0.350. The summed E-state index contributed by atoms with van der Waals surface area (Å²) in [6.45, 7) is 0.967. The zero-order valence-corrected chi connectivity index (χ0v) is 12.2. The molecule has 1 aromatic carbocycles. The van der Waals surface area contributed by atoms with Gasteiger partial charge in [0.05, 0.1) is 12.5 Å². The summed E-state index contributed by atoms with van der Waals surface area (Å²) in [6, 6.07) is 7.75. The van der Waals surface area contributed by atoms with Gasteiger partial charge < -0.3 is 15.8 Å². The van der Waals surface area contributed by atoms with Crippen molar-refractivity contribution in [2.45, 2.75) is 38.6 Å². The standard InChI is InChI=1S/C16H24N2O2/c1-20-14-7-5-6-13(10-14)11-18-15(19)16(12-17)8-3-2-4-9-16/h5-7,10H,2-4,8-9,11-12,17H2,1H3,(H,18,19). The second kappa shape index (κ2) is 6.75. The second-order valence-corrected chi connectivity index (χ2v) is 5.58. The number of carbonyl (C=O) groups is 1. The number of nitrogens with one attached hydrogen (secondary N) is 1. The highest BCUT2D eigenvalue weighted by atomic mass is 16.5. The number of ether oxygens (including phenoxy) is 1. The van der Waals surface area contributed by atoms with Gasteiger partial charge in [0, 0.05) is 13.1 Å². The molecule has 1 saturated carbocycles. The van der Waals surface area contributed by atoms with E-state index in [-0.39, 0.29) is 11.3 Å². The first-order chi connectivity index (χ1) is 9.70. The zero-order chi connectivity index (χ0) is 14.4. The van der Waals surface area contributed by atoms with E-state index in [1.165, 1.54) is 6.42 Å². The summed E-state index contributed by atoms with van der Waals surface area (Å²) in [5, 5.41) is 3.04. The topological polar surface area (TPSA) is 64.3 Å². The average Bonchev–Trinajstić information content (AvgIpc) is 2.53. The van der Waals surface area contributed by atoms with Crippen LogP contribution in [0, 0.1) is 5.41 Å². The van der Waals surface area contributed by atoms with Gasteiger partial charge in [0.1, 0.15) is 5.75 Å². The molecule has 1 aliphatic rings. The normalized spacial score (nSPS) is 17.5. The number of amides is 1. The van der Waals surface area contributed by atoms with Crippen LogP contribution in [0.5, 0.6) is 5.75 Å². The molecule has 0 atom stereocenters. The summed E-state index contributed by atoms with van der Waals surface area (Å²) in [5.74, 6) is 0.908. The van der Waals surface area contributed by atoms with Crippen molar-refractivity contribution in [2.75, 3.05) is 13.7 Å². The summed E-state index contributed by atoms with van der Waals surface area (Å²) in [6.07, 6.45) is 5.24. The molecule has 0 bridgehead atoms. The molecule has 1 fully saturated rings. The maximum Gasteiger partial charge on any atom is 0.227 e. The Hall–Kier alpha value is -1.55. The van der Waals surface area contributed by atoms with Crippen LogP contribution in [0.3, 0.4) is 0 Å². The molecule has 0 radical (unpaired) electrons. The highest BCUT2D eigenvalue weighted by Gasteiger charge is 2.37. The van der Waals surface area contributed by atoms with E-state index in [4.69, 9.17) is 10.5 Å². The molecule has 1 aromatic rings. The summed E-state index contributed by atoms with van der Waals surface area (Å²) >= 11 is 0. The van der Waals surface area contributed by atoms with Gasteiger partial charge in [0.2, 0.25) is 5.91 Å². The molecule has 4 nitrogen and oxygen atoms in total. The highest BCUT2D eigenvalue weighted by molar-refractivity contribution is 5.83. The fourth-order valence-corrected chi connectivity index (χ4v) is 2.90. The van der Waals surface area contributed by atoms with E-state index in [1.807, 2.05) is 24.3 Å². The van der Waals surface area contributed by atoms with Crippen molar-refractivity contribution >= 4 is 5.91 Å². The molecule has 1 amide bonds. The molecule has 0 heterocycles. The van der Waals surface area contributed by atoms with Crippen molar-refractivity contribution in [1.29, 1.82) is 0 Å². The van der Waals surface area contributed by atoms with Gasteiger partial charge in [-0.2, -0.15) is 0 Å². The Morgan fingerprint density at radius 3 is 2.75 bits per heavy atom. The van der Waals surface area contributed by atoms with Gasteiger partial charge in [-0.25, -0.2) is 0 Å². The van der Waals surface area contributed by atoms with Gasteiger partial charge in [-0.05, 0) is 30.5 Å². The maximum absolute atomic E-state index is 12.5. The van der Waals surface area contributed by atoms with Gasteiger partial charge in [-0.3, -0.25) is 4.79 Å². The highest BCUT2D eigenvalue weighted by Crippen LogP contribution is 2.35. The van der Waals surface area contributed by atoms with Crippen molar-refractivity contribution in [3.05, 3.63) is 29.8 Å². The van der Waals surface area contributed by atoms with E-state index in [1.54, 1.807) is 7.11 Å². The molecule has 0 saturated heterocycles. The maximum atomic E-state index is 12.5. The summed E-state index contributed by atoms with van der Waals surface area (Å²) < 4.78 is 5.19. The van der Waals surface area contributed by atoms with Crippen LogP contribution < -0.4 is 15.8 Å². The molecule has 1 aliphatic carbocycles. The number of nitrogens with two attached hydrogens (primary N) is 1. The minimum Gasteiger partial charge on any atom is -0.497 e. The Labute approximate surface area is 120 Å². The van der Waals surface area contributed by atoms with Crippen LogP contribution >= 0.6 is 0 Å². The molecule has 110 valence electrons. The molecule has 2 rings (SSSR count). The van der Waals surface area contributed by atoms with Crippen LogP contribution in [0.2, 0.25) is 0 Å². The number of carbonyl (C=O) groups excluding carboxylic acids is 1. The van der Waals surface area contributed by atoms with Crippen molar-refractivity contribution in [2.24, 2.45) is 11.1 Å². The number of hydrogen-bond acceptors (Lipinski definition) is 3. The zero-order valence-electron chi connectivity index (χ0n) is 12.2. The van der Waals surface area contributed by atoms with Gasteiger partial charge in [-0.15, -0.1) is 0 Å². The molecule has 0 aromatic heterocycles. The lowest BCUT2D eigenvalue weighted by Gasteiger charge is -2.34. The third kappa shape index (κ3) is 3.31. The van der Waals surface area contributed by atoms with Crippen molar-refractivity contribution in [3.8, 4) is 5.75 Å². The largest absolute Gasteiger partial charge is 0.497 e. The van der Waals surface area contributed by atoms with Crippen molar-refractivity contribution < 1.29 is 9.53 Å². The smallest absolute Gasteiger partial charge is 0.227 e. The van der Waals surface area contributed by atoms with Crippen molar-refractivity contribution in [1.82, 2.24) is 5.32 Å². The number of hydrogen-bond donors (Lipinski definition) is 2. The molecule has 20 heavy (non-hydrogen) atoms. The number of rotatable bonds is 5. The van der Waals surface area contributed by atoms with Gasteiger partial charge in [0.25, 0.3) is 0 Å². The van der Waals surface area contributed by atoms with E-state index in [2.05, 4.69) is 5.32 Å². The molecule has 0 unspecified atom stereocenters. The molecule has 0 spiro atoms. The SMILES string of the molecule is COc1cccc(CNC(=O)C2(CN)CCCCC2)c1. The fourth-order valence-electron chi connectivity index (χ4n) is 2.90. The lowest BCUT2D eigenvalue weighted by molar-refractivity contribution is -0.132. The first-order valence-electron chi connectivity index (χ1n) is 7.31. The molecular weight excluding hydrogens is 252 g/mol. The Morgan fingerprint density at radius 2 is 2.10 bits per heavy atom. The van der Waals surface area contributed by atoms with E-state index in [0.717, 1.165) is 37.0 Å². The van der Waals surface area contributed by atoms with E-state index < -0.39 is 0 Å².